The van der Waals surface area contributed by atoms with Gasteiger partial charge in [0.25, 0.3) is 0 Å². The molecule has 0 saturated carbocycles. The fraction of sp³-hybridized carbons (Fsp3) is 0.292. The van der Waals surface area contributed by atoms with Crippen molar-refractivity contribution in [2.45, 2.75) is 43.6 Å². The molecule has 33 heavy (non-hydrogen) atoms. The van der Waals surface area contributed by atoms with Gasteiger partial charge in [0.2, 0.25) is 5.60 Å². The zero-order chi connectivity index (χ0) is 23.8. The third-order valence-corrected chi connectivity index (χ3v) is 6.17. The van der Waals surface area contributed by atoms with Crippen LogP contribution < -0.4 is 11.1 Å². The van der Waals surface area contributed by atoms with Gasteiger partial charge in [-0.3, -0.25) is 4.79 Å². The number of hydrogen-bond acceptors (Lipinski definition) is 4. The summed E-state index contributed by atoms with van der Waals surface area (Å²) in [6.07, 6.45) is -3.46. The molecule has 0 bridgehead atoms. The van der Waals surface area contributed by atoms with Gasteiger partial charge in [-0.2, -0.15) is 13.2 Å². The number of nitrogens with two attached hydrogens (primary N) is 1. The lowest BCUT2D eigenvalue weighted by molar-refractivity contribution is -0.252. The standard InChI is InChI=1S/C24H24F3N3O3/c25-24(26,27)23(33,15-6-2-1-3-7-15)21(13-28)29-16-10-11-20-18(12-22(31)32)17-8-4-5-9-19(17)30(20)14-16/h1-9,13,16,29,33H,10-12,14,28H2,(H,31,32)/b21-13-. The fourth-order valence-electron chi connectivity index (χ4n) is 4.66. The van der Waals surface area contributed by atoms with Crippen LogP contribution in [-0.4, -0.2) is 33.0 Å². The molecule has 2 heterocycles. The number of halogens is 3. The SMILES string of the molecule is N/C=C(\NC1CCc2c(CC(=O)O)c3ccccc3n2C1)C(O)(c1ccccc1)C(F)(F)F. The van der Waals surface area contributed by atoms with Gasteiger partial charge in [-0.1, -0.05) is 48.5 Å². The number of nitrogens with one attached hydrogen (secondary N) is 1. The maximum atomic E-state index is 14.1. The van der Waals surface area contributed by atoms with Crippen molar-refractivity contribution in [3.05, 3.63) is 83.3 Å². The number of benzene rings is 2. The Balaban J connectivity index is 1.68. The molecule has 0 aliphatic carbocycles. The molecule has 0 radical (unpaired) electrons. The number of aromatic nitrogens is 1. The number of carboxylic acid groups (broad SMARTS) is 1. The van der Waals surface area contributed by atoms with Crippen LogP contribution in [0.3, 0.4) is 0 Å². The summed E-state index contributed by atoms with van der Waals surface area (Å²) in [5.41, 5.74) is 3.83. The van der Waals surface area contributed by atoms with E-state index in [1.54, 1.807) is 6.07 Å². The predicted octanol–water partition coefficient (Wildman–Crippen LogP) is 3.42. The highest BCUT2D eigenvalue weighted by atomic mass is 19.4. The Morgan fingerprint density at radius 3 is 2.45 bits per heavy atom. The first-order valence-corrected chi connectivity index (χ1v) is 10.5. The van der Waals surface area contributed by atoms with E-state index in [1.165, 1.54) is 24.3 Å². The van der Waals surface area contributed by atoms with E-state index in [0.29, 0.717) is 19.4 Å². The van der Waals surface area contributed by atoms with Crippen LogP contribution in [0, 0.1) is 0 Å². The second-order valence-electron chi connectivity index (χ2n) is 8.16. The molecule has 0 amide bonds. The number of para-hydroxylation sites is 1. The van der Waals surface area contributed by atoms with Crippen LogP contribution in [0.5, 0.6) is 0 Å². The summed E-state index contributed by atoms with van der Waals surface area (Å²) in [6.45, 7) is 0.301. The summed E-state index contributed by atoms with van der Waals surface area (Å²) < 4.78 is 44.3. The second kappa shape index (κ2) is 8.47. The van der Waals surface area contributed by atoms with Crippen LogP contribution in [0.4, 0.5) is 13.2 Å². The minimum atomic E-state index is -5.01. The monoisotopic (exact) mass is 459 g/mol. The molecule has 6 nitrogen and oxygen atoms in total. The number of alkyl halides is 3. The average Bonchev–Trinajstić information content (AvgIpc) is 3.09. The summed E-state index contributed by atoms with van der Waals surface area (Å²) in [5, 5.41) is 23.9. The molecule has 0 spiro atoms. The van der Waals surface area contributed by atoms with Gasteiger partial charge in [0.1, 0.15) is 0 Å². The summed E-state index contributed by atoms with van der Waals surface area (Å²) in [7, 11) is 0. The number of rotatable bonds is 6. The van der Waals surface area contributed by atoms with Gasteiger partial charge in [-0.15, -0.1) is 0 Å². The van der Waals surface area contributed by atoms with Gasteiger partial charge in [0.05, 0.1) is 12.1 Å². The highest BCUT2D eigenvalue weighted by Gasteiger charge is 2.58. The van der Waals surface area contributed by atoms with Gasteiger partial charge < -0.3 is 25.8 Å². The molecule has 174 valence electrons. The Labute approximate surface area is 188 Å². The summed E-state index contributed by atoms with van der Waals surface area (Å²) in [5.74, 6) is -0.944. The summed E-state index contributed by atoms with van der Waals surface area (Å²) in [4.78, 5) is 11.4. The van der Waals surface area contributed by atoms with E-state index < -0.39 is 29.5 Å². The number of hydrogen-bond donors (Lipinski definition) is 4. The van der Waals surface area contributed by atoms with Crippen molar-refractivity contribution in [3.63, 3.8) is 0 Å². The van der Waals surface area contributed by atoms with Crippen LogP contribution in [0.25, 0.3) is 10.9 Å². The molecule has 0 saturated heterocycles. The van der Waals surface area contributed by atoms with E-state index in [2.05, 4.69) is 5.32 Å². The molecule has 4 rings (SSSR count). The Hall–Kier alpha value is -3.46. The van der Waals surface area contributed by atoms with Gasteiger partial charge in [-0.25, -0.2) is 0 Å². The van der Waals surface area contributed by atoms with Crippen LogP contribution >= 0.6 is 0 Å². The smallest absolute Gasteiger partial charge is 0.427 e. The molecule has 3 aromatic rings. The van der Waals surface area contributed by atoms with Crippen molar-refractivity contribution < 1.29 is 28.2 Å². The molecule has 0 fully saturated rings. The molecular formula is C24H24F3N3O3. The molecule has 2 atom stereocenters. The third kappa shape index (κ3) is 3.93. The lowest BCUT2D eigenvalue weighted by atomic mass is 9.88. The molecule has 2 aromatic carbocycles. The molecule has 1 aliphatic heterocycles. The molecular weight excluding hydrogens is 435 g/mol. The fourth-order valence-corrected chi connectivity index (χ4v) is 4.66. The van der Waals surface area contributed by atoms with Crippen molar-refractivity contribution in [3.8, 4) is 0 Å². The first kappa shape index (κ1) is 22.7. The van der Waals surface area contributed by atoms with Crippen LogP contribution in [0.2, 0.25) is 0 Å². The highest BCUT2D eigenvalue weighted by molar-refractivity contribution is 5.89. The molecule has 1 aromatic heterocycles. The number of fused-ring (bicyclic) bond motifs is 3. The van der Waals surface area contributed by atoms with E-state index in [1.807, 2.05) is 28.8 Å². The van der Waals surface area contributed by atoms with Gasteiger partial charge in [0.15, 0.2) is 0 Å². The topological polar surface area (TPSA) is 101 Å². The molecule has 1 aliphatic rings. The Morgan fingerprint density at radius 1 is 1.15 bits per heavy atom. The van der Waals surface area contributed by atoms with E-state index in [9.17, 15) is 28.2 Å². The Kier molecular flexibility index (Phi) is 5.84. The zero-order valence-corrected chi connectivity index (χ0v) is 17.6. The molecule has 5 N–H and O–H groups in total. The summed E-state index contributed by atoms with van der Waals surface area (Å²) in [6, 6.07) is 13.7. The van der Waals surface area contributed by atoms with Crippen LogP contribution in [0.15, 0.2) is 66.5 Å². The van der Waals surface area contributed by atoms with Crippen LogP contribution in [-0.2, 0) is 29.8 Å². The molecule has 2 unspecified atom stereocenters. The number of aliphatic carboxylic acids is 1. The second-order valence-corrected chi connectivity index (χ2v) is 8.16. The third-order valence-electron chi connectivity index (χ3n) is 6.17. The van der Waals surface area contributed by atoms with Crippen molar-refractivity contribution in [2.75, 3.05) is 0 Å². The quantitative estimate of drug-likeness (QED) is 0.453. The van der Waals surface area contributed by atoms with Crippen LogP contribution in [0.1, 0.15) is 23.2 Å². The van der Waals surface area contributed by atoms with Crippen molar-refractivity contribution in [1.82, 2.24) is 9.88 Å². The number of aliphatic hydroxyl groups is 1. The predicted molar refractivity (Wildman–Crippen MR) is 117 cm³/mol. The van der Waals surface area contributed by atoms with Gasteiger partial charge >= 0.3 is 12.1 Å². The first-order chi connectivity index (χ1) is 15.7. The number of nitrogens with zero attached hydrogens (tertiary/aromatic N) is 1. The largest absolute Gasteiger partial charge is 0.481 e. The Bertz CT molecular complexity index is 1200. The number of carbonyl (C=O) groups is 1. The van der Waals surface area contributed by atoms with E-state index >= 15 is 0 Å². The van der Waals surface area contributed by atoms with E-state index in [4.69, 9.17) is 5.73 Å². The van der Waals surface area contributed by atoms with Crippen molar-refractivity contribution in [1.29, 1.82) is 0 Å². The maximum absolute atomic E-state index is 14.1. The normalized spacial score (nSPS) is 18.5. The zero-order valence-electron chi connectivity index (χ0n) is 17.6. The van der Waals surface area contributed by atoms with Crippen molar-refractivity contribution in [2.24, 2.45) is 5.73 Å². The summed E-state index contributed by atoms with van der Waals surface area (Å²) >= 11 is 0. The minimum Gasteiger partial charge on any atom is -0.481 e. The lowest BCUT2D eigenvalue weighted by Gasteiger charge is -2.37. The lowest BCUT2D eigenvalue weighted by Crippen LogP contribution is -2.51. The highest BCUT2D eigenvalue weighted by Crippen LogP contribution is 2.43. The van der Waals surface area contributed by atoms with E-state index in [0.717, 1.165) is 28.4 Å². The van der Waals surface area contributed by atoms with E-state index in [-0.39, 0.29) is 12.0 Å². The van der Waals surface area contributed by atoms with Gasteiger partial charge in [-0.05, 0) is 30.0 Å². The maximum Gasteiger partial charge on any atom is 0.427 e. The average molecular weight is 459 g/mol. The van der Waals surface area contributed by atoms with Crippen molar-refractivity contribution >= 4 is 16.9 Å². The first-order valence-electron chi connectivity index (χ1n) is 10.5. The Morgan fingerprint density at radius 2 is 1.82 bits per heavy atom. The number of carboxylic acids is 1. The molecule has 9 heteroatoms. The van der Waals surface area contributed by atoms with Gasteiger partial charge in [0, 0.05) is 35.4 Å². The minimum absolute atomic E-state index is 0.128.